The molecule has 1 amide bonds. The number of rotatable bonds is 4. The van der Waals surface area contributed by atoms with E-state index in [1.807, 2.05) is 17.2 Å². The fourth-order valence-electron chi connectivity index (χ4n) is 2.98. The van der Waals surface area contributed by atoms with Crippen LogP contribution in [0.1, 0.15) is 13.3 Å². The second-order valence-corrected chi connectivity index (χ2v) is 5.41. The van der Waals surface area contributed by atoms with Gasteiger partial charge in [-0.2, -0.15) is 0 Å². The van der Waals surface area contributed by atoms with Crippen LogP contribution in [0, 0.1) is 0 Å². The van der Waals surface area contributed by atoms with Gasteiger partial charge in [0.05, 0.1) is 5.39 Å². The van der Waals surface area contributed by atoms with Crippen LogP contribution in [-0.2, 0) is 4.79 Å². The van der Waals surface area contributed by atoms with Crippen molar-refractivity contribution in [2.75, 3.05) is 30.4 Å². The molecule has 1 atom stereocenters. The van der Waals surface area contributed by atoms with Gasteiger partial charge < -0.3 is 14.8 Å². The Morgan fingerprint density at radius 3 is 3.19 bits per heavy atom. The quantitative estimate of drug-likeness (QED) is 0.872. The number of hydrogen-bond donors (Lipinski definition) is 1. The second-order valence-electron chi connectivity index (χ2n) is 5.14. The summed E-state index contributed by atoms with van der Waals surface area (Å²) in [4.78, 5) is 27.6. The number of nitrogens with one attached hydrogen (secondary N) is 1. The zero-order valence-corrected chi connectivity index (χ0v) is 12.7. The molecule has 1 unspecified atom stereocenters. The minimum Gasteiger partial charge on any atom is -0.351 e. The van der Waals surface area contributed by atoms with Crippen LogP contribution in [0.4, 0.5) is 5.82 Å². The minimum absolute atomic E-state index is 0.00435. The first-order chi connectivity index (χ1) is 10.2. The number of likely N-dealkylation sites (tertiary alicyclic amines) is 1. The molecule has 1 saturated heterocycles. The van der Waals surface area contributed by atoms with E-state index < -0.39 is 0 Å². The number of likely N-dealkylation sites (N-methyl/N-ethyl adjacent to an activating group) is 1. The average Bonchev–Trinajstić information content (AvgIpc) is 3.16. The predicted molar refractivity (Wildman–Crippen MR) is 82.6 cm³/mol. The van der Waals surface area contributed by atoms with Crippen LogP contribution in [0.3, 0.4) is 0 Å². The topological polar surface area (TPSA) is 65.1 Å². The highest BCUT2D eigenvalue weighted by atomic mass is 35.5. The molecule has 6 nitrogen and oxygen atoms in total. The van der Waals surface area contributed by atoms with Crippen molar-refractivity contribution in [3.8, 4) is 0 Å². The summed E-state index contributed by atoms with van der Waals surface area (Å²) in [5.41, 5.74) is 0.838. The van der Waals surface area contributed by atoms with Crippen molar-refractivity contribution in [1.82, 2.24) is 19.9 Å². The fourth-order valence-corrected chi connectivity index (χ4v) is 3.14. The number of carbonyl (C=O) groups is 1. The maximum absolute atomic E-state index is 11.7. The lowest BCUT2D eigenvalue weighted by Gasteiger charge is -2.29. The molecule has 7 heteroatoms. The van der Waals surface area contributed by atoms with Gasteiger partial charge in [-0.15, -0.1) is 11.6 Å². The second kappa shape index (κ2) is 5.89. The summed E-state index contributed by atoms with van der Waals surface area (Å²) in [7, 11) is 0. The van der Waals surface area contributed by atoms with Crippen molar-refractivity contribution in [3.05, 3.63) is 18.6 Å². The highest BCUT2D eigenvalue weighted by molar-refractivity contribution is 6.27. The summed E-state index contributed by atoms with van der Waals surface area (Å²) >= 11 is 5.64. The van der Waals surface area contributed by atoms with E-state index in [2.05, 4.69) is 26.8 Å². The van der Waals surface area contributed by atoms with Crippen LogP contribution in [-0.4, -0.2) is 57.3 Å². The van der Waals surface area contributed by atoms with E-state index in [1.165, 1.54) is 0 Å². The first kappa shape index (κ1) is 14.1. The first-order valence-electron chi connectivity index (χ1n) is 7.13. The van der Waals surface area contributed by atoms with Gasteiger partial charge in [0.1, 0.15) is 23.7 Å². The molecule has 0 radical (unpaired) electrons. The fraction of sp³-hybridized carbons (Fsp3) is 0.500. The zero-order valence-electron chi connectivity index (χ0n) is 11.9. The van der Waals surface area contributed by atoms with Crippen LogP contribution in [0.5, 0.6) is 0 Å². The number of carbonyl (C=O) groups excluding carboxylic acids is 1. The third kappa shape index (κ3) is 2.55. The molecule has 3 rings (SSSR count). The van der Waals surface area contributed by atoms with Gasteiger partial charge in [-0.3, -0.25) is 4.79 Å². The third-order valence-corrected chi connectivity index (χ3v) is 4.25. The van der Waals surface area contributed by atoms with Gasteiger partial charge in [-0.25, -0.2) is 9.97 Å². The van der Waals surface area contributed by atoms with E-state index >= 15 is 0 Å². The van der Waals surface area contributed by atoms with Gasteiger partial charge in [0.15, 0.2) is 0 Å². The number of hydrogen-bond acceptors (Lipinski definition) is 4. The third-order valence-electron chi connectivity index (χ3n) is 4.02. The Labute approximate surface area is 128 Å². The summed E-state index contributed by atoms with van der Waals surface area (Å²) in [6.45, 7) is 4.40. The molecule has 2 aromatic heterocycles. The number of aromatic amines is 1. The molecule has 2 aromatic rings. The smallest absolute Gasteiger partial charge is 0.237 e. The lowest BCUT2D eigenvalue weighted by molar-refractivity contribution is -0.127. The highest BCUT2D eigenvalue weighted by Crippen LogP contribution is 2.27. The Hall–Kier alpha value is -1.82. The zero-order chi connectivity index (χ0) is 14.8. The average molecular weight is 308 g/mol. The predicted octanol–water partition coefficient (Wildman–Crippen LogP) is 1.62. The molecule has 0 bridgehead atoms. The van der Waals surface area contributed by atoms with Crippen LogP contribution in [0.2, 0.25) is 0 Å². The lowest BCUT2D eigenvalue weighted by atomic mass is 10.2. The van der Waals surface area contributed by atoms with Gasteiger partial charge in [0, 0.05) is 31.9 Å². The molecule has 112 valence electrons. The van der Waals surface area contributed by atoms with E-state index in [0.29, 0.717) is 6.54 Å². The molecule has 3 heterocycles. The van der Waals surface area contributed by atoms with Gasteiger partial charge in [0.25, 0.3) is 0 Å². The monoisotopic (exact) mass is 307 g/mol. The molecule has 0 spiro atoms. The number of anilines is 1. The molecule has 1 N–H and O–H groups in total. The molecular formula is C14H18ClN5O. The van der Waals surface area contributed by atoms with Crippen LogP contribution in [0.15, 0.2) is 18.6 Å². The minimum atomic E-state index is 0.00435. The Morgan fingerprint density at radius 2 is 2.43 bits per heavy atom. The van der Waals surface area contributed by atoms with E-state index in [4.69, 9.17) is 11.6 Å². The van der Waals surface area contributed by atoms with Crippen molar-refractivity contribution in [1.29, 1.82) is 0 Å². The first-order valence-corrected chi connectivity index (χ1v) is 7.66. The number of alkyl halides is 1. The molecule has 21 heavy (non-hydrogen) atoms. The van der Waals surface area contributed by atoms with E-state index in [1.54, 1.807) is 6.33 Å². The van der Waals surface area contributed by atoms with Gasteiger partial charge in [-0.05, 0) is 19.4 Å². The number of fused-ring (bicyclic) bond motifs is 1. The van der Waals surface area contributed by atoms with E-state index in [0.717, 1.165) is 36.4 Å². The summed E-state index contributed by atoms with van der Waals surface area (Å²) in [5.74, 6) is 0.979. The molecule has 0 saturated carbocycles. The number of H-pyrrole nitrogens is 1. The van der Waals surface area contributed by atoms with Gasteiger partial charge in [0.2, 0.25) is 5.91 Å². The molecular weight excluding hydrogens is 290 g/mol. The Kier molecular flexibility index (Phi) is 3.96. The Balaban J connectivity index is 1.86. The largest absolute Gasteiger partial charge is 0.351 e. The van der Waals surface area contributed by atoms with Crippen LogP contribution in [0.25, 0.3) is 11.0 Å². The van der Waals surface area contributed by atoms with Crippen LogP contribution < -0.4 is 4.90 Å². The van der Waals surface area contributed by atoms with Crippen LogP contribution >= 0.6 is 11.6 Å². The molecule has 1 aliphatic rings. The van der Waals surface area contributed by atoms with Crippen molar-refractivity contribution in [3.63, 3.8) is 0 Å². The summed E-state index contributed by atoms with van der Waals surface area (Å²) in [5, 5.41) is 1.02. The maximum Gasteiger partial charge on any atom is 0.237 e. The lowest BCUT2D eigenvalue weighted by Crippen LogP contribution is -2.39. The number of aromatic nitrogens is 3. The molecule has 1 aliphatic heterocycles. The van der Waals surface area contributed by atoms with Gasteiger partial charge >= 0.3 is 0 Å². The number of halogens is 1. The number of amides is 1. The standard InChI is InChI=1S/C14H18ClN5O/c1-2-20(10-4-6-19(8-10)12(21)7-15)14-11-3-5-16-13(11)17-9-18-14/h3,5,9-10H,2,4,6-8H2,1H3,(H,16,17,18). The van der Waals surface area contributed by atoms with Gasteiger partial charge in [-0.1, -0.05) is 0 Å². The summed E-state index contributed by atoms with van der Waals surface area (Å²) in [6.07, 6.45) is 4.38. The molecule has 0 aromatic carbocycles. The molecule has 0 aliphatic carbocycles. The normalized spacial score (nSPS) is 18.4. The number of nitrogens with zero attached hydrogens (tertiary/aromatic N) is 4. The van der Waals surface area contributed by atoms with Crippen molar-refractivity contribution >= 4 is 34.4 Å². The SMILES string of the molecule is CCN(c1ncnc2[nH]ccc12)C1CCN(C(=O)CCl)C1. The highest BCUT2D eigenvalue weighted by Gasteiger charge is 2.30. The summed E-state index contributed by atoms with van der Waals surface area (Å²) in [6, 6.07) is 2.26. The summed E-state index contributed by atoms with van der Waals surface area (Å²) < 4.78 is 0. The maximum atomic E-state index is 11.7. The van der Waals surface area contributed by atoms with Crippen molar-refractivity contribution in [2.24, 2.45) is 0 Å². The molecule has 1 fully saturated rings. The van der Waals surface area contributed by atoms with E-state index in [9.17, 15) is 4.79 Å². The van der Waals surface area contributed by atoms with E-state index in [-0.39, 0.29) is 17.8 Å². The van der Waals surface area contributed by atoms with Crippen molar-refractivity contribution < 1.29 is 4.79 Å². The Bertz CT molecular complexity index is 643. The Morgan fingerprint density at radius 1 is 1.57 bits per heavy atom. The van der Waals surface area contributed by atoms with Crippen molar-refractivity contribution in [2.45, 2.75) is 19.4 Å².